The molecule has 0 N–H and O–H groups in total. The smallest absolute Gasteiger partial charge is 0.293 e. The monoisotopic (exact) mass is 427 g/mol. The molecule has 11 heteroatoms. The summed E-state index contributed by atoms with van der Waals surface area (Å²) in [7, 11) is -0.367. The number of hydrogen-bond acceptors (Lipinski definition) is 7. The van der Waals surface area contributed by atoms with Gasteiger partial charge in [0.05, 0.1) is 16.4 Å². The third kappa shape index (κ3) is 5.22. The van der Waals surface area contributed by atoms with Gasteiger partial charge in [0.15, 0.2) is 0 Å². The van der Waals surface area contributed by atoms with E-state index in [2.05, 4.69) is 0 Å². The van der Waals surface area contributed by atoms with Crippen LogP contribution in [0.2, 0.25) is 0 Å². The highest BCUT2D eigenvalue weighted by Gasteiger charge is 2.29. The summed E-state index contributed by atoms with van der Waals surface area (Å²) in [6.45, 7) is 6.57. The molecule has 1 aliphatic rings. The maximum atomic E-state index is 12.7. The summed E-state index contributed by atoms with van der Waals surface area (Å²) in [5.74, 6) is 0.00962. The van der Waals surface area contributed by atoms with Crippen molar-refractivity contribution in [2.24, 2.45) is 0 Å². The van der Waals surface area contributed by atoms with Crippen molar-refractivity contribution in [3.8, 4) is 0 Å². The van der Waals surface area contributed by atoms with Gasteiger partial charge in [0, 0.05) is 59.4 Å². The first-order chi connectivity index (χ1) is 13.6. The molecule has 1 fully saturated rings. The largest absolute Gasteiger partial charge is 0.363 e. The second-order valence-corrected chi connectivity index (χ2v) is 8.99. The minimum absolute atomic E-state index is 0.00962. The minimum atomic E-state index is -3.78. The van der Waals surface area contributed by atoms with Crippen molar-refractivity contribution >= 4 is 27.3 Å². The van der Waals surface area contributed by atoms with Gasteiger partial charge in [-0.25, -0.2) is 8.42 Å². The van der Waals surface area contributed by atoms with E-state index in [1.165, 1.54) is 21.3 Å². The van der Waals surface area contributed by atoms with E-state index in [1.54, 1.807) is 27.9 Å². The van der Waals surface area contributed by atoms with Crippen LogP contribution < -0.4 is 4.90 Å². The highest BCUT2D eigenvalue weighted by Crippen LogP contribution is 2.32. The van der Waals surface area contributed by atoms with E-state index in [0.29, 0.717) is 51.5 Å². The van der Waals surface area contributed by atoms with E-state index in [0.717, 1.165) is 6.07 Å². The number of nitrogens with zero attached hydrogens (tertiary/aromatic N) is 5. The molecule has 0 unspecified atom stereocenters. The molecule has 0 saturated carbocycles. The Hall–Kier alpha value is -2.24. The van der Waals surface area contributed by atoms with Crippen LogP contribution in [-0.2, 0) is 14.8 Å². The van der Waals surface area contributed by atoms with Gasteiger partial charge < -0.3 is 9.80 Å². The average molecular weight is 428 g/mol. The molecule has 0 atom stereocenters. The van der Waals surface area contributed by atoms with Crippen LogP contribution in [0, 0.1) is 10.1 Å². The first kappa shape index (κ1) is 23.0. The SMILES string of the molecule is CCN(CC)S(=O)(=O)c1ccc(N2CCN(CC(=O)N(C)C)CC2)c([N+](=O)[O-])c1. The molecule has 0 aromatic heterocycles. The molecular weight excluding hydrogens is 398 g/mol. The number of carbonyl (C=O) groups is 1. The summed E-state index contributed by atoms with van der Waals surface area (Å²) in [5.41, 5.74) is 0.170. The average Bonchev–Trinajstić information content (AvgIpc) is 2.68. The zero-order valence-electron chi connectivity index (χ0n) is 17.4. The number of amides is 1. The van der Waals surface area contributed by atoms with Crippen molar-refractivity contribution in [2.45, 2.75) is 18.7 Å². The molecule has 162 valence electrons. The Balaban J connectivity index is 2.23. The lowest BCUT2D eigenvalue weighted by Gasteiger charge is -2.35. The summed E-state index contributed by atoms with van der Waals surface area (Å²) in [6, 6.07) is 4.08. The maximum absolute atomic E-state index is 12.7. The number of carbonyl (C=O) groups excluding carboxylic acids is 1. The number of hydrogen-bond donors (Lipinski definition) is 0. The summed E-state index contributed by atoms with van der Waals surface area (Å²) in [5, 5.41) is 11.6. The molecule has 0 spiro atoms. The molecule has 1 amide bonds. The zero-order chi connectivity index (χ0) is 21.8. The zero-order valence-corrected chi connectivity index (χ0v) is 18.2. The Morgan fingerprint density at radius 2 is 1.72 bits per heavy atom. The Labute approximate surface area is 171 Å². The minimum Gasteiger partial charge on any atom is -0.363 e. The number of nitro groups is 1. The van der Waals surface area contributed by atoms with E-state index in [9.17, 15) is 23.3 Å². The van der Waals surface area contributed by atoms with Crippen molar-refractivity contribution in [2.75, 3.05) is 64.8 Å². The fourth-order valence-electron chi connectivity index (χ4n) is 3.27. The van der Waals surface area contributed by atoms with Crippen LogP contribution in [0.4, 0.5) is 11.4 Å². The fourth-order valence-corrected chi connectivity index (χ4v) is 4.75. The van der Waals surface area contributed by atoms with Gasteiger partial charge in [-0.3, -0.25) is 19.8 Å². The lowest BCUT2D eigenvalue weighted by molar-refractivity contribution is -0.384. The first-order valence-electron chi connectivity index (χ1n) is 9.57. The highest BCUT2D eigenvalue weighted by atomic mass is 32.2. The molecule has 2 rings (SSSR count). The number of piperazine rings is 1. The van der Waals surface area contributed by atoms with Crippen molar-refractivity contribution < 1.29 is 18.1 Å². The van der Waals surface area contributed by atoms with E-state index < -0.39 is 14.9 Å². The Morgan fingerprint density at radius 3 is 2.21 bits per heavy atom. The molecule has 29 heavy (non-hydrogen) atoms. The summed E-state index contributed by atoms with van der Waals surface area (Å²) in [6.07, 6.45) is 0. The predicted molar refractivity (Wildman–Crippen MR) is 111 cm³/mol. The van der Waals surface area contributed by atoms with Gasteiger partial charge in [-0.1, -0.05) is 13.8 Å². The van der Waals surface area contributed by atoms with E-state index in [4.69, 9.17) is 0 Å². The molecule has 1 aromatic rings. The quantitative estimate of drug-likeness (QED) is 0.447. The fraction of sp³-hybridized carbons (Fsp3) is 0.611. The van der Waals surface area contributed by atoms with Crippen LogP contribution in [-0.4, -0.2) is 93.3 Å². The number of likely N-dealkylation sites (N-methyl/N-ethyl adjacent to an activating group) is 1. The molecule has 10 nitrogen and oxygen atoms in total. The van der Waals surface area contributed by atoms with Crippen molar-refractivity contribution in [1.82, 2.24) is 14.1 Å². The van der Waals surface area contributed by atoms with Gasteiger partial charge >= 0.3 is 0 Å². The molecule has 0 radical (unpaired) electrons. The van der Waals surface area contributed by atoms with Gasteiger partial charge in [0.2, 0.25) is 15.9 Å². The first-order valence-corrected chi connectivity index (χ1v) is 11.0. The van der Waals surface area contributed by atoms with Crippen LogP contribution in [0.5, 0.6) is 0 Å². The van der Waals surface area contributed by atoms with Gasteiger partial charge in [0.1, 0.15) is 5.69 Å². The number of rotatable bonds is 8. The van der Waals surface area contributed by atoms with E-state index in [1.807, 2.05) is 9.80 Å². The van der Waals surface area contributed by atoms with Crippen LogP contribution in [0.25, 0.3) is 0 Å². The Kier molecular flexibility index (Phi) is 7.55. The van der Waals surface area contributed by atoms with Crippen molar-refractivity contribution in [1.29, 1.82) is 0 Å². The highest BCUT2D eigenvalue weighted by molar-refractivity contribution is 7.89. The summed E-state index contributed by atoms with van der Waals surface area (Å²) in [4.78, 5) is 28.3. The third-order valence-corrected chi connectivity index (χ3v) is 7.10. The van der Waals surface area contributed by atoms with Crippen LogP contribution in [0.15, 0.2) is 23.1 Å². The number of nitro benzene ring substituents is 1. The van der Waals surface area contributed by atoms with Gasteiger partial charge in [-0.05, 0) is 12.1 Å². The van der Waals surface area contributed by atoms with Gasteiger partial charge in [-0.15, -0.1) is 0 Å². The lowest BCUT2D eigenvalue weighted by atomic mass is 10.2. The molecule has 0 bridgehead atoms. The Morgan fingerprint density at radius 1 is 1.14 bits per heavy atom. The predicted octanol–water partition coefficient (Wildman–Crippen LogP) is 0.836. The van der Waals surface area contributed by atoms with Gasteiger partial charge in [0.25, 0.3) is 5.69 Å². The van der Waals surface area contributed by atoms with Crippen molar-refractivity contribution in [3.63, 3.8) is 0 Å². The van der Waals surface area contributed by atoms with Crippen LogP contribution in [0.3, 0.4) is 0 Å². The topological polar surface area (TPSA) is 107 Å². The standard InChI is InChI=1S/C18H29N5O5S/c1-5-22(6-2)29(27,28)15-7-8-16(17(13-15)23(25)26)21-11-9-20(10-12-21)14-18(24)19(3)4/h7-8,13H,5-6,9-12,14H2,1-4H3. The lowest BCUT2D eigenvalue weighted by Crippen LogP contribution is -2.49. The normalized spacial score (nSPS) is 15.6. The summed E-state index contributed by atoms with van der Waals surface area (Å²) >= 11 is 0. The molecule has 1 heterocycles. The molecule has 1 aliphatic heterocycles. The number of benzene rings is 1. The van der Waals surface area contributed by atoms with Crippen LogP contribution in [0.1, 0.15) is 13.8 Å². The number of anilines is 1. The molecule has 1 saturated heterocycles. The molecular formula is C18H29N5O5S. The van der Waals surface area contributed by atoms with Gasteiger partial charge in [-0.2, -0.15) is 4.31 Å². The second-order valence-electron chi connectivity index (χ2n) is 7.05. The maximum Gasteiger partial charge on any atom is 0.293 e. The van der Waals surface area contributed by atoms with Crippen LogP contribution >= 0.6 is 0 Å². The van der Waals surface area contributed by atoms with E-state index >= 15 is 0 Å². The number of sulfonamides is 1. The third-order valence-electron chi connectivity index (χ3n) is 5.06. The van der Waals surface area contributed by atoms with Crippen molar-refractivity contribution in [3.05, 3.63) is 28.3 Å². The second kappa shape index (κ2) is 9.51. The molecule has 1 aromatic carbocycles. The van der Waals surface area contributed by atoms with E-state index in [-0.39, 0.29) is 16.5 Å². The molecule has 0 aliphatic carbocycles. The Bertz CT molecular complexity index is 846. The summed E-state index contributed by atoms with van der Waals surface area (Å²) < 4.78 is 26.7.